The standard InChI is InChI=1S/C16H17FN2O2/c1-11(2)16(21)12-7-8-19(9-12)10-15(20)18-14-5-3-13(17)4-6-14/h3-9,11H,10H2,1-2H3,(H,18,20). The van der Waals surface area contributed by atoms with E-state index in [2.05, 4.69) is 5.32 Å². The number of anilines is 1. The molecular weight excluding hydrogens is 271 g/mol. The van der Waals surface area contributed by atoms with Crippen molar-refractivity contribution >= 4 is 17.4 Å². The molecule has 4 nitrogen and oxygen atoms in total. The molecule has 0 radical (unpaired) electrons. The number of carbonyl (C=O) groups is 2. The van der Waals surface area contributed by atoms with E-state index in [4.69, 9.17) is 0 Å². The number of ketones is 1. The minimum atomic E-state index is -0.352. The van der Waals surface area contributed by atoms with Crippen LogP contribution in [0, 0.1) is 11.7 Å². The molecule has 0 aliphatic heterocycles. The summed E-state index contributed by atoms with van der Waals surface area (Å²) in [7, 11) is 0. The van der Waals surface area contributed by atoms with E-state index in [9.17, 15) is 14.0 Å². The Bertz CT molecular complexity index is 645. The van der Waals surface area contributed by atoms with Crippen LogP contribution in [0.5, 0.6) is 0 Å². The average Bonchev–Trinajstić information content (AvgIpc) is 2.88. The molecule has 2 aromatic rings. The van der Waals surface area contributed by atoms with E-state index in [-0.39, 0.29) is 30.0 Å². The van der Waals surface area contributed by atoms with Gasteiger partial charge in [0.05, 0.1) is 0 Å². The Morgan fingerprint density at radius 3 is 2.48 bits per heavy atom. The summed E-state index contributed by atoms with van der Waals surface area (Å²) in [6, 6.07) is 7.26. The van der Waals surface area contributed by atoms with Crippen LogP contribution in [-0.4, -0.2) is 16.3 Å². The van der Waals surface area contributed by atoms with Crippen LogP contribution in [0.1, 0.15) is 24.2 Å². The molecule has 0 saturated carbocycles. The number of amides is 1. The van der Waals surface area contributed by atoms with Gasteiger partial charge >= 0.3 is 0 Å². The van der Waals surface area contributed by atoms with Gasteiger partial charge in [-0.25, -0.2) is 4.39 Å². The third-order valence-corrected chi connectivity index (χ3v) is 3.01. The Labute approximate surface area is 122 Å². The number of hydrogen-bond donors (Lipinski definition) is 1. The quantitative estimate of drug-likeness (QED) is 0.859. The molecule has 0 aliphatic carbocycles. The highest BCUT2D eigenvalue weighted by Crippen LogP contribution is 2.11. The van der Waals surface area contributed by atoms with Crippen molar-refractivity contribution in [1.82, 2.24) is 4.57 Å². The van der Waals surface area contributed by atoms with Crippen LogP contribution >= 0.6 is 0 Å². The molecule has 0 aliphatic rings. The Morgan fingerprint density at radius 1 is 1.19 bits per heavy atom. The first-order chi connectivity index (χ1) is 9.95. The van der Waals surface area contributed by atoms with Crippen LogP contribution in [0.2, 0.25) is 0 Å². The Morgan fingerprint density at radius 2 is 1.86 bits per heavy atom. The summed E-state index contributed by atoms with van der Waals surface area (Å²) >= 11 is 0. The highest BCUT2D eigenvalue weighted by molar-refractivity contribution is 5.97. The van der Waals surface area contributed by atoms with Crippen LogP contribution < -0.4 is 5.32 Å². The number of Topliss-reactive ketones (excluding diaryl/α,β-unsaturated/α-hetero) is 1. The molecule has 1 heterocycles. The molecule has 1 N–H and O–H groups in total. The maximum atomic E-state index is 12.8. The molecule has 1 aromatic carbocycles. The Kier molecular flexibility index (Phi) is 4.52. The predicted molar refractivity (Wildman–Crippen MR) is 78.6 cm³/mol. The van der Waals surface area contributed by atoms with Crippen molar-refractivity contribution in [2.45, 2.75) is 20.4 Å². The van der Waals surface area contributed by atoms with Crippen LogP contribution in [0.25, 0.3) is 0 Å². The lowest BCUT2D eigenvalue weighted by molar-refractivity contribution is -0.116. The van der Waals surface area contributed by atoms with Crippen LogP contribution in [0.4, 0.5) is 10.1 Å². The van der Waals surface area contributed by atoms with Crippen molar-refractivity contribution in [3.05, 3.63) is 54.1 Å². The number of benzene rings is 1. The van der Waals surface area contributed by atoms with E-state index >= 15 is 0 Å². The molecule has 110 valence electrons. The molecule has 2 rings (SSSR count). The number of halogens is 1. The van der Waals surface area contributed by atoms with Gasteiger partial charge in [-0.05, 0) is 30.3 Å². The molecule has 0 unspecified atom stereocenters. The van der Waals surface area contributed by atoms with E-state index in [1.165, 1.54) is 24.3 Å². The molecule has 21 heavy (non-hydrogen) atoms. The maximum absolute atomic E-state index is 12.8. The zero-order valence-electron chi connectivity index (χ0n) is 12.0. The minimum Gasteiger partial charge on any atom is -0.344 e. The summed E-state index contributed by atoms with van der Waals surface area (Å²) in [5.74, 6) is -0.613. The van der Waals surface area contributed by atoms with Gasteiger partial charge < -0.3 is 9.88 Å². The molecule has 0 bridgehead atoms. The van der Waals surface area contributed by atoms with Crippen molar-refractivity contribution in [3.8, 4) is 0 Å². The van der Waals surface area contributed by atoms with E-state index in [0.29, 0.717) is 11.3 Å². The number of nitrogens with one attached hydrogen (secondary N) is 1. The zero-order valence-corrected chi connectivity index (χ0v) is 12.0. The molecule has 0 fully saturated rings. The third kappa shape index (κ3) is 4.02. The third-order valence-electron chi connectivity index (χ3n) is 3.01. The minimum absolute atomic E-state index is 0.0488. The molecule has 5 heteroatoms. The van der Waals surface area contributed by atoms with Crippen LogP contribution in [0.15, 0.2) is 42.7 Å². The van der Waals surface area contributed by atoms with Crippen molar-refractivity contribution in [2.75, 3.05) is 5.32 Å². The van der Waals surface area contributed by atoms with E-state index in [0.717, 1.165) is 0 Å². The summed E-state index contributed by atoms with van der Waals surface area (Å²) in [4.78, 5) is 23.7. The van der Waals surface area contributed by atoms with Gasteiger partial charge in [-0.15, -0.1) is 0 Å². The number of nitrogens with zero attached hydrogens (tertiary/aromatic N) is 1. The first-order valence-corrected chi connectivity index (χ1v) is 6.71. The number of rotatable bonds is 5. The van der Waals surface area contributed by atoms with Gasteiger partial charge in [0.2, 0.25) is 5.91 Å². The number of carbonyl (C=O) groups excluding carboxylic acids is 2. The monoisotopic (exact) mass is 288 g/mol. The Hall–Kier alpha value is -2.43. The largest absolute Gasteiger partial charge is 0.344 e. The molecular formula is C16H17FN2O2. The van der Waals surface area contributed by atoms with E-state index < -0.39 is 0 Å². The fraction of sp³-hybridized carbons (Fsp3) is 0.250. The SMILES string of the molecule is CC(C)C(=O)c1ccn(CC(=O)Nc2ccc(F)cc2)c1. The predicted octanol–water partition coefficient (Wildman–Crippen LogP) is 3.10. The summed E-state index contributed by atoms with van der Waals surface area (Å²) in [6.45, 7) is 3.77. The zero-order chi connectivity index (χ0) is 15.4. The Balaban J connectivity index is 1.97. The smallest absolute Gasteiger partial charge is 0.244 e. The number of aromatic nitrogens is 1. The molecule has 1 aromatic heterocycles. The first kappa shape index (κ1) is 15.0. The van der Waals surface area contributed by atoms with Crippen molar-refractivity contribution in [2.24, 2.45) is 5.92 Å². The fourth-order valence-electron chi connectivity index (χ4n) is 1.92. The lowest BCUT2D eigenvalue weighted by atomic mass is 10.0. The highest BCUT2D eigenvalue weighted by atomic mass is 19.1. The molecule has 0 saturated heterocycles. The van der Waals surface area contributed by atoms with Gasteiger partial charge in [-0.1, -0.05) is 13.8 Å². The van der Waals surface area contributed by atoms with Crippen molar-refractivity contribution < 1.29 is 14.0 Å². The fourth-order valence-corrected chi connectivity index (χ4v) is 1.92. The van der Waals surface area contributed by atoms with Gasteiger partial charge in [-0.2, -0.15) is 0 Å². The van der Waals surface area contributed by atoms with Crippen molar-refractivity contribution in [1.29, 1.82) is 0 Å². The van der Waals surface area contributed by atoms with Gasteiger partial charge in [0.25, 0.3) is 0 Å². The van der Waals surface area contributed by atoms with E-state index in [1.807, 2.05) is 13.8 Å². The second-order valence-corrected chi connectivity index (χ2v) is 5.15. The summed E-state index contributed by atoms with van der Waals surface area (Å²) in [5.41, 5.74) is 1.13. The topological polar surface area (TPSA) is 51.1 Å². The summed E-state index contributed by atoms with van der Waals surface area (Å²) in [6.07, 6.45) is 3.35. The van der Waals surface area contributed by atoms with Crippen LogP contribution in [-0.2, 0) is 11.3 Å². The molecule has 1 amide bonds. The maximum Gasteiger partial charge on any atom is 0.244 e. The first-order valence-electron chi connectivity index (χ1n) is 6.71. The molecule has 0 atom stereocenters. The number of hydrogen-bond acceptors (Lipinski definition) is 2. The van der Waals surface area contributed by atoms with Gasteiger partial charge in [0.15, 0.2) is 5.78 Å². The van der Waals surface area contributed by atoms with Gasteiger partial charge in [0.1, 0.15) is 12.4 Å². The lowest BCUT2D eigenvalue weighted by Crippen LogP contribution is -2.18. The molecule has 0 spiro atoms. The summed E-state index contributed by atoms with van der Waals surface area (Å²) < 4.78 is 14.4. The van der Waals surface area contributed by atoms with Gasteiger partial charge in [0, 0.05) is 29.6 Å². The van der Waals surface area contributed by atoms with E-state index in [1.54, 1.807) is 23.0 Å². The second-order valence-electron chi connectivity index (χ2n) is 5.15. The average molecular weight is 288 g/mol. The van der Waals surface area contributed by atoms with Gasteiger partial charge in [-0.3, -0.25) is 9.59 Å². The van der Waals surface area contributed by atoms with Crippen molar-refractivity contribution in [3.63, 3.8) is 0 Å². The summed E-state index contributed by atoms with van der Waals surface area (Å²) in [5, 5.41) is 2.67. The second kappa shape index (κ2) is 6.35. The van der Waals surface area contributed by atoms with Crippen LogP contribution in [0.3, 0.4) is 0 Å². The normalized spacial score (nSPS) is 10.7. The highest BCUT2D eigenvalue weighted by Gasteiger charge is 2.12. The lowest BCUT2D eigenvalue weighted by Gasteiger charge is -2.06.